The van der Waals surface area contributed by atoms with Crippen LogP contribution in [-0.2, 0) is 0 Å². The standard InChI is InChI=1S/C22H15ClN4O/c23-15-10-11-20-16(12-15)19(13-21(28-20)14-6-2-1-3-7-14)26-27-22-24-17-8-4-5-9-18(17)25-22/h1-13H,(H2,24,25,27)/b26-19+. The van der Waals surface area contributed by atoms with Crippen LogP contribution in [0.3, 0.4) is 0 Å². The Kier molecular flexibility index (Phi) is 4.07. The van der Waals surface area contributed by atoms with Crippen molar-refractivity contribution < 1.29 is 4.42 Å². The van der Waals surface area contributed by atoms with Gasteiger partial charge < -0.3 is 9.40 Å². The smallest absolute Gasteiger partial charge is 0.222 e. The molecule has 5 nitrogen and oxygen atoms in total. The molecule has 0 radical (unpaired) electrons. The highest BCUT2D eigenvalue weighted by Crippen LogP contribution is 2.24. The number of nitrogens with one attached hydrogen (secondary N) is 2. The molecule has 0 aliphatic carbocycles. The zero-order chi connectivity index (χ0) is 18.9. The Hall–Kier alpha value is -3.57. The number of anilines is 1. The van der Waals surface area contributed by atoms with E-state index in [9.17, 15) is 0 Å². The molecule has 2 N–H and O–H groups in total. The summed E-state index contributed by atoms with van der Waals surface area (Å²) >= 11 is 6.20. The number of para-hydroxylation sites is 2. The molecular weight excluding hydrogens is 372 g/mol. The minimum atomic E-state index is 0.568. The number of fused-ring (bicyclic) bond motifs is 2. The molecule has 0 spiro atoms. The predicted octanol–water partition coefficient (Wildman–Crippen LogP) is 5.56. The van der Waals surface area contributed by atoms with Gasteiger partial charge in [-0.25, -0.2) is 10.4 Å². The fourth-order valence-corrected chi connectivity index (χ4v) is 3.27. The summed E-state index contributed by atoms with van der Waals surface area (Å²) in [6, 6.07) is 25.1. The first kappa shape index (κ1) is 16.6. The Morgan fingerprint density at radius 1 is 0.929 bits per heavy atom. The molecule has 0 fully saturated rings. The average Bonchev–Trinajstić information content (AvgIpc) is 3.15. The van der Waals surface area contributed by atoms with Gasteiger partial charge in [-0.3, -0.25) is 0 Å². The van der Waals surface area contributed by atoms with E-state index in [1.807, 2.05) is 72.8 Å². The number of hydrogen-bond acceptors (Lipinski definition) is 4. The lowest BCUT2D eigenvalue weighted by atomic mass is 10.1. The molecule has 0 aliphatic heterocycles. The van der Waals surface area contributed by atoms with E-state index in [0.29, 0.717) is 21.9 Å². The summed E-state index contributed by atoms with van der Waals surface area (Å²) < 4.78 is 6.07. The van der Waals surface area contributed by atoms with Crippen LogP contribution >= 0.6 is 11.6 Å². The van der Waals surface area contributed by atoms with Crippen molar-refractivity contribution in [1.29, 1.82) is 0 Å². The van der Waals surface area contributed by atoms with Crippen LogP contribution in [0.4, 0.5) is 5.95 Å². The lowest BCUT2D eigenvalue weighted by Crippen LogP contribution is -2.08. The van der Waals surface area contributed by atoms with Crippen molar-refractivity contribution in [2.45, 2.75) is 0 Å². The molecule has 0 amide bonds. The third-order valence-electron chi connectivity index (χ3n) is 4.44. The maximum atomic E-state index is 6.20. The van der Waals surface area contributed by atoms with Crippen molar-refractivity contribution in [3.8, 4) is 11.3 Å². The van der Waals surface area contributed by atoms with Crippen molar-refractivity contribution in [2.24, 2.45) is 5.10 Å². The third-order valence-corrected chi connectivity index (χ3v) is 4.67. The maximum absolute atomic E-state index is 6.20. The number of rotatable bonds is 3. The largest absolute Gasteiger partial charge is 0.456 e. The maximum Gasteiger partial charge on any atom is 0.222 e. The van der Waals surface area contributed by atoms with Crippen molar-refractivity contribution >= 4 is 39.6 Å². The van der Waals surface area contributed by atoms with Crippen LogP contribution < -0.4 is 10.8 Å². The molecule has 5 aromatic rings. The van der Waals surface area contributed by atoms with E-state index in [-0.39, 0.29) is 0 Å². The first-order valence-corrected chi connectivity index (χ1v) is 9.17. The number of aromatic nitrogens is 2. The number of nitrogens with zero attached hydrogens (tertiary/aromatic N) is 2. The Morgan fingerprint density at radius 3 is 2.61 bits per heavy atom. The van der Waals surface area contributed by atoms with E-state index < -0.39 is 0 Å². The summed E-state index contributed by atoms with van der Waals surface area (Å²) in [5.41, 5.74) is 6.51. The third kappa shape index (κ3) is 3.12. The van der Waals surface area contributed by atoms with Crippen molar-refractivity contribution in [3.63, 3.8) is 0 Å². The zero-order valence-corrected chi connectivity index (χ0v) is 15.4. The zero-order valence-electron chi connectivity index (χ0n) is 14.7. The quantitative estimate of drug-likeness (QED) is 0.399. The summed E-state index contributed by atoms with van der Waals surface area (Å²) in [5.74, 6) is 1.29. The molecular formula is C22H15ClN4O. The molecule has 3 aromatic carbocycles. The number of H-pyrrole nitrogens is 1. The molecule has 0 atom stereocenters. The predicted molar refractivity (Wildman–Crippen MR) is 112 cm³/mol. The van der Waals surface area contributed by atoms with Gasteiger partial charge in [0.15, 0.2) is 0 Å². The first-order valence-electron chi connectivity index (χ1n) is 8.80. The van der Waals surface area contributed by atoms with E-state index in [0.717, 1.165) is 27.7 Å². The highest BCUT2D eigenvalue weighted by atomic mass is 35.5. The van der Waals surface area contributed by atoms with Crippen LogP contribution in [0.15, 0.2) is 88.4 Å². The van der Waals surface area contributed by atoms with Gasteiger partial charge >= 0.3 is 0 Å². The van der Waals surface area contributed by atoms with Crippen molar-refractivity contribution in [3.05, 3.63) is 89.2 Å². The normalized spacial score (nSPS) is 12.0. The van der Waals surface area contributed by atoms with Gasteiger partial charge in [-0.2, -0.15) is 5.10 Å². The molecule has 0 bridgehead atoms. The number of benzene rings is 3. The molecule has 5 rings (SSSR count). The highest BCUT2D eigenvalue weighted by molar-refractivity contribution is 6.31. The molecule has 0 unspecified atom stereocenters. The fourth-order valence-electron chi connectivity index (χ4n) is 3.10. The summed E-state index contributed by atoms with van der Waals surface area (Å²) in [6.45, 7) is 0. The van der Waals surface area contributed by atoms with Crippen LogP contribution in [0.1, 0.15) is 0 Å². The molecule has 0 aliphatic rings. The van der Waals surface area contributed by atoms with Crippen molar-refractivity contribution in [1.82, 2.24) is 9.97 Å². The minimum Gasteiger partial charge on any atom is -0.456 e. The van der Waals surface area contributed by atoms with E-state index >= 15 is 0 Å². The van der Waals surface area contributed by atoms with E-state index in [1.54, 1.807) is 6.07 Å². The number of imidazole rings is 1. The van der Waals surface area contributed by atoms with Gasteiger partial charge in [-0.1, -0.05) is 54.1 Å². The molecule has 28 heavy (non-hydrogen) atoms. The molecule has 2 aromatic heterocycles. The van der Waals surface area contributed by atoms with Gasteiger partial charge in [0.05, 0.1) is 16.4 Å². The van der Waals surface area contributed by atoms with Gasteiger partial charge in [-0.15, -0.1) is 0 Å². The topological polar surface area (TPSA) is 66.2 Å². The number of aromatic amines is 1. The van der Waals surface area contributed by atoms with Gasteiger partial charge in [0.2, 0.25) is 5.95 Å². The summed E-state index contributed by atoms with van der Waals surface area (Å²) in [6.07, 6.45) is 0. The lowest BCUT2D eigenvalue weighted by molar-refractivity contribution is 0.618. The van der Waals surface area contributed by atoms with Gasteiger partial charge in [0, 0.05) is 22.0 Å². The molecule has 6 heteroatoms. The second-order valence-corrected chi connectivity index (χ2v) is 6.76. The average molecular weight is 387 g/mol. The van der Waals surface area contributed by atoms with E-state index in [1.165, 1.54) is 0 Å². The first-order chi connectivity index (χ1) is 13.8. The SMILES string of the molecule is Clc1ccc2oc(-c3ccccc3)c/c(=N\Nc3nc4ccccc4[nH]3)c2c1. The Labute approximate surface area is 165 Å². The number of halogens is 1. The van der Waals surface area contributed by atoms with Crippen LogP contribution in [0.25, 0.3) is 33.3 Å². The molecule has 0 saturated heterocycles. The fraction of sp³-hybridized carbons (Fsp3) is 0. The number of hydrogen-bond donors (Lipinski definition) is 2. The minimum absolute atomic E-state index is 0.568. The summed E-state index contributed by atoms with van der Waals surface area (Å²) in [5, 5.41) is 6.71. The Bertz CT molecular complexity index is 1320. The van der Waals surface area contributed by atoms with Crippen LogP contribution in [-0.4, -0.2) is 9.97 Å². The monoisotopic (exact) mass is 386 g/mol. The molecule has 0 saturated carbocycles. The highest BCUT2D eigenvalue weighted by Gasteiger charge is 2.07. The van der Waals surface area contributed by atoms with Gasteiger partial charge in [0.1, 0.15) is 11.3 Å². The summed E-state index contributed by atoms with van der Waals surface area (Å²) in [7, 11) is 0. The van der Waals surface area contributed by atoms with E-state index in [4.69, 9.17) is 16.0 Å². The molecule has 136 valence electrons. The second-order valence-electron chi connectivity index (χ2n) is 6.33. The Balaban J connectivity index is 1.65. The van der Waals surface area contributed by atoms with E-state index in [2.05, 4.69) is 20.5 Å². The Morgan fingerprint density at radius 2 is 1.75 bits per heavy atom. The lowest BCUT2D eigenvalue weighted by Gasteiger charge is -2.05. The van der Waals surface area contributed by atoms with Gasteiger partial charge in [0.25, 0.3) is 0 Å². The van der Waals surface area contributed by atoms with Crippen LogP contribution in [0.2, 0.25) is 5.02 Å². The second kappa shape index (κ2) is 6.87. The summed E-state index contributed by atoms with van der Waals surface area (Å²) in [4.78, 5) is 7.70. The van der Waals surface area contributed by atoms with Crippen LogP contribution in [0, 0.1) is 0 Å². The van der Waals surface area contributed by atoms with Gasteiger partial charge in [-0.05, 0) is 30.3 Å². The van der Waals surface area contributed by atoms with Crippen molar-refractivity contribution in [2.75, 3.05) is 5.43 Å². The van der Waals surface area contributed by atoms with Crippen LogP contribution in [0.5, 0.6) is 0 Å². The molecule has 2 heterocycles.